The first-order valence-electron chi connectivity index (χ1n) is 7.67. The summed E-state index contributed by atoms with van der Waals surface area (Å²) in [7, 11) is 0. The van der Waals surface area contributed by atoms with Gasteiger partial charge in [-0.15, -0.1) is 0 Å². The van der Waals surface area contributed by atoms with Crippen molar-refractivity contribution in [2.45, 2.75) is 12.5 Å². The fourth-order valence-corrected chi connectivity index (χ4v) is 3.08. The summed E-state index contributed by atoms with van der Waals surface area (Å²) in [5.41, 5.74) is 2.93. The zero-order chi connectivity index (χ0) is 16.5. The molecule has 120 valence electrons. The Balaban J connectivity index is 1.78. The van der Waals surface area contributed by atoms with Crippen molar-refractivity contribution >= 4 is 5.91 Å². The summed E-state index contributed by atoms with van der Waals surface area (Å²) >= 11 is 0. The van der Waals surface area contributed by atoms with E-state index in [1.165, 1.54) is 12.4 Å². The molecule has 0 bridgehead atoms. The highest BCUT2D eigenvalue weighted by Crippen LogP contribution is 2.33. The number of nitrogens with one attached hydrogen (secondary N) is 1. The van der Waals surface area contributed by atoms with Gasteiger partial charge in [0.2, 0.25) is 0 Å². The van der Waals surface area contributed by atoms with Gasteiger partial charge in [0.25, 0.3) is 5.91 Å². The number of imidazole rings is 1. The molecule has 0 fully saturated rings. The molecule has 1 aliphatic rings. The van der Waals surface area contributed by atoms with Gasteiger partial charge in [0, 0.05) is 30.9 Å². The van der Waals surface area contributed by atoms with E-state index in [-0.39, 0.29) is 11.9 Å². The molecule has 1 N–H and O–H groups in total. The van der Waals surface area contributed by atoms with E-state index < -0.39 is 0 Å². The van der Waals surface area contributed by atoms with Crippen LogP contribution in [-0.4, -0.2) is 32.3 Å². The van der Waals surface area contributed by atoms with Crippen molar-refractivity contribution in [3.8, 4) is 0 Å². The van der Waals surface area contributed by atoms with Crippen LogP contribution in [0, 0.1) is 5.21 Å². The Morgan fingerprint density at radius 2 is 2.21 bits per heavy atom. The van der Waals surface area contributed by atoms with Gasteiger partial charge in [-0.3, -0.25) is 9.78 Å². The quantitative estimate of drug-likeness (QED) is 0.568. The Morgan fingerprint density at radius 3 is 3.00 bits per heavy atom. The lowest BCUT2D eigenvalue weighted by atomic mass is 9.98. The second-order valence-corrected chi connectivity index (χ2v) is 5.62. The minimum Gasteiger partial charge on any atom is -0.619 e. The van der Waals surface area contributed by atoms with E-state index in [4.69, 9.17) is 0 Å². The van der Waals surface area contributed by atoms with Crippen LogP contribution >= 0.6 is 0 Å². The van der Waals surface area contributed by atoms with Crippen LogP contribution in [0.4, 0.5) is 0 Å². The molecule has 0 unspecified atom stereocenters. The highest BCUT2D eigenvalue weighted by atomic mass is 16.5. The molecular weight excluding hydrogens is 306 g/mol. The van der Waals surface area contributed by atoms with Gasteiger partial charge in [-0.05, 0) is 18.2 Å². The van der Waals surface area contributed by atoms with Crippen LogP contribution in [0.15, 0.2) is 55.2 Å². The van der Waals surface area contributed by atoms with Crippen LogP contribution in [0.1, 0.15) is 33.5 Å². The molecule has 0 radical (unpaired) electrons. The fraction of sp³-hybridized carbons (Fsp3) is 0.176. The minimum absolute atomic E-state index is 0.204. The molecular formula is C17H15N5O2. The van der Waals surface area contributed by atoms with E-state index in [0.29, 0.717) is 23.3 Å². The third-order valence-electron chi connectivity index (χ3n) is 4.18. The van der Waals surface area contributed by atoms with Crippen molar-refractivity contribution in [3.63, 3.8) is 0 Å². The Labute approximate surface area is 138 Å². The molecule has 4 heterocycles. The first-order valence-corrected chi connectivity index (χ1v) is 7.67. The lowest BCUT2D eigenvalue weighted by Gasteiger charge is -2.34. The number of rotatable bonds is 2. The largest absolute Gasteiger partial charge is 0.619 e. The zero-order valence-electron chi connectivity index (χ0n) is 12.8. The predicted molar refractivity (Wildman–Crippen MR) is 84.8 cm³/mol. The molecule has 1 atom stereocenters. The van der Waals surface area contributed by atoms with E-state index in [2.05, 4.69) is 15.0 Å². The first-order chi connectivity index (χ1) is 11.7. The molecule has 0 saturated carbocycles. The zero-order valence-corrected chi connectivity index (χ0v) is 12.8. The molecule has 0 aromatic carbocycles. The number of hydrogen-bond donors (Lipinski definition) is 1. The van der Waals surface area contributed by atoms with E-state index in [1.807, 2.05) is 18.2 Å². The van der Waals surface area contributed by atoms with Crippen molar-refractivity contribution < 1.29 is 9.52 Å². The monoisotopic (exact) mass is 321 g/mol. The van der Waals surface area contributed by atoms with Crippen LogP contribution in [0.25, 0.3) is 0 Å². The van der Waals surface area contributed by atoms with Gasteiger partial charge in [-0.25, -0.2) is 4.98 Å². The molecule has 0 aliphatic carbocycles. The number of nitrogens with zero attached hydrogens (tertiary/aromatic N) is 4. The van der Waals surface area contributed by atoms with Crippen LogP contribution < -0.4 is 4.73 Å². The maximum Gasteiger partial charge on any atom is 0.260 e. The van der Waals surface area contributed by atoms with Crippen LogP contribution in [-0.2, 0) is 6.42 Å². The topological polar surface area (TPSA) is 88.8 Å². The number of aromatic amines is 1. The summed E-state index contributed by atoms with van der Waals surface area (Å²) in [5, 5.41) is 11.5. The van der Waals surface area contributed by atoms with Gasteiger partial charge in [-0.1, -0.05) is 6.07 Å². The van der Waals surface area contributed by atoms with E-state index >= 15 is 0 Å². The van der Waals surface area contributed by atoms with Crippen molar-refractivity contribution in [1.29, 1.82) is 0 Å². The Morgan fingerprint density at radius 1 is 1.29 bits per heavy atom. The minimum atomic E-state index is -0.367. The molecule has 7 nitrogen and oxygen atoms in total. The van der Waals surface area contributed by atoms with Crippen LogP contribution in [0.3, 0.4) is 0 Å². The number of amides is 1. The second kappa shape index (κ2) is 5.77. The smallest absolute Gasteiger partial charge is 0.260 e. The van der Waals surface area contributed by atoms with Gasteiger partial charge in [0.15, 0.2) is 12.4 Å². The molecule has 7 heteroatoms. The molecule has 4 rings (SSSR count). The molecule has 1 amide bonds. The molecule has 24 heavy (non-hydrogen) atoms. The number of H-pyrrole nitrogens is 1. The van der Waals surface area contributed by atoms with Crippen LogP contribution in [0.2, 0.25) is 0 Å². The number of pyridine rings is 2. The van der Waals surface area contributed by atoms with Crippen molar-refractivity contribution in [2.24, 2.45) is 0 Å². The maximum absolute atomic E-state index is 13.0. The number of hydrogen-bond acceptors (Lipinski definition) is 4. The standard InChI is InChI=1S/C17H15N5O2/c23-17(12-4-3-8-21(24)10-12)22-9-6-13-15(20-11-19-13)16(22)14-5-1-2-7-18-14/h1-5,7-8,10-11,16H,6,9H2,(H,19,20)/t16-/m0/s1. The predicted octanol–water partition coefficient (Wildman–Crippen LogP) is 1.23. The number of carbonyl (C=O) groups excluding carboxylic acids is 1. The number of carbonyl (C=O) groups is 1. The maximum atomic E-state index is 13.0. The van der Waals surface area contributed by atoms with E-state index in [0.717, 1.165) is 17.1 Å². The summed E-state index contributed by atoms with van der Waals surface area (Å²) in [6.07, 6.45) is 6.68. The Hall–Kier alpha value is -3.22. The van der Waals surface area contributed by atoms with Crippen molar-refractivity contribution in [2.75, 3.05) is 6.54 Å². The summed E-state index contributed by atoms with van der Waals surface area (Å²) in [4.78, 5) is 26.6. The molecule has 3 aromatic rings. The van der Waals surface area contributed by atoms with E-state index in [1.54, 1.807) is 29.6 Å². The van der Waals surface area contributed by atoms with E-state index in [9.17, 15) is 10.0 Å². The van der Waals surface area contributed by atoms with Gasteiger partial charge in [0.1, 0.15) is 11.6 Å². The third-order valence-corrected chi connectivity index (χ3v) is 4.18. The molecule has 0 saturated heterocycles. The number of aromatic nitrogens is 4. The average Bonchev–Trinajstić information content (AvgIpc) is 3.09. The van der Waals surface area contributed by atoms with Crippen molar-refractivity contribution in [1.82, 2.24) is 19.9 Å². The highest BCUT2D eigenvalue weighted by molar-refractivity contribution is 5.94. The lowest BCUT2D eigenvalue weighted by Crippen LogP contribution is -2.42. The first kappa shape index (κ1) is 14.4. The van der Waals surface area contributed by atoms with Gasteiger partial charge < -0.3 is 15.1 Å². The highest BCUT2D eigenvalue weighted by Gasteiger charge is 2.35. The van der Waals surface area contributed by atoms with Gasteiger partial charge >= 0.3 is 0 Å². The fourth-order valence-electron chi connectivity index (χ4n) is 3.08. The molecule has 1 aliphatic heterocycles. The lowest BCUT2D eigenvalue weighted by molar-refractivity contribution is -0.605. The summed E-state index contributed by atoms with van der Waals surface area (Å²) in [6, 6.07) is 8.45. The summed E-state index contributed by atoms with van der Waals surface area (Å²) in [6.45, 7) is 0.531. The molecule has 0 spiro atoms. The molecule has 3 aromatic heterocycles. The normalized spacial score (nSPS) is 16.7. The van der Waals surface area contributed by atoms with Gasteiger partial charge in [-0.2, -0.15) is 4.73 Å². The summed E-state index contributed by atoms with van der Waals surface area (Å²) < 4.78 is 0.632. The van der Waals surface area contributed by atoms with Crippen molar-refractivity contribution in [3.05, 3.63) is 83.1 Å². The summed E-state index contributed by atoms with van der Waals surface area (Å²) in [5.74, 6) is -0.204. The Kier molecular flexibility index (Phi) is 3.45. The number of fused-ring (bicyclic) bond motifs is 1. The van der Waals surface area contributed by atoms with Crippen LogP contribution in [0.5, 0.6) is 0 Å². The SMILES string of the molecule is O=C(c1ccc[n+]([O-])c1)N1CCc2[nH]cnc2[C@@H]1c1ccccn1. The third kappa shape index (κ3) is 2.40. The second-order valence-electron chi connectivity index (χ2n) is 5.62. The Bertz CT molecular complexity index is 877. The average molecular weight is 321 g/mol. The van der Waals surface area contributed by atoms with Gasteiger partial charge in [0.05, 0.1) is 17.7 Å².